The van der Waals surface area contributed by atoms with Gasteiger partial charge in [0.15, 0.2) is 0 Å². The molecule has 0 spiro atoms. The van der Waals surface area contributed by atoms with Crippen LogP contribution in [0.5, 0.6) is 0 Å². The predicted molar refractivity (Wildman–Crippen MR) is 61.6 cm³/mol. The lowest BCUT2D eigenvalue weighted by molar-refractivity contribution is -0.137. The lowest BCUT2D eigenvalue weighted by Gasteiger charge is -2.19. The van der Waals surface area contributed by atoms with Gasteiger partial charge in [0.05, 0.1) is 12.7 Å². The van der Waals surface area contributed by atoms with Crippen LogP contribution in [0.2, 0.25) is 0 Å². The second-order valence-electron chi connectivity index (χ2n) is 4.35. The SMILES string of the molecule is CC(C)C(CC(=O)O)NC(=O)c1cn(C)cn1. The van der Waals surface area contributed by atoms with E-state index in [-0.39, 0.29) is 24.3 Å². The van der Waals surface area contributed by atoms with Gasteiger partial charge in [-0.2, -0.15) is 0 Å². The highest BCUT2D eigenvalue weighted by molar-refractivity contribution is 5.92. The van der Waals surface area contributed by atoms with Gasteiger partial charge in [0.2, 0.25) is 0 Å². The molecule has 0 aliphatic carbocycles. The van der Waals surface area contributed by atoms with Gasteiger partial charge in [-0.1, -0.05) is 13.8 Å². The van der Waals surface area contributed by atoms with Crippen LogP contribution in [0.3, 0.4) is 0 Å². The number of nitrogens with one attached hydrogen (secondary N) is 1. The Bertz CT molecular complexity index is 412. The Kier molecular flexibility index (Phi) is 4.25. The highest BCUT2D eigenvalue weighted by atomic mass is 16.4. The number of carboxylic acids is 1. The molecule has 1 amide bonds. The van der Waals surface area contributed by atoms with Crippen LogP contribution < -0.4 is 5.32 Å². The van der Waals surface area contributed by atoms with Crippen LogP contribution in [0.4, 0.5) is 0 Å². The van der Waals surface area contributed by atoms with Gasteiger partial charge >= 0.3 is 5.97 Å². The maximum atomic E-state index is 11.8. The molecule has 0 saturated carbocycles. The summed E-state index contributed by atoms with van der Waals surface area (Å²) in [5.41, 5.74) is 0.295. The summed E-state index contributed by atoms with van der Waals surface area (Å²) in [5.74, 6) is -1.21. The number of nitrogens with zero attached hydrogens (tertiary/aromatic N) is 2. The zero-order chi connectivity index (χ0) is 13.0. The van der Waals surface area contributed by atoms with Crippen molar-refractivity contribution in [2.45, 2.75) is 26.3 Å². The topological polar surface area (TPSA) is 84.2 Å². The van der Waals surface area contributed by atoms with E-state index in [4.69, 9.17) is 5.11 Å². The minimum atomic E-state index is -0.926. The lowest BCUT2D eigenvalue weighted by Crippen LogP contribution is -2.40. The fourth-order valence-electron chi connectivity index (χ4n) is 1.41. The third-order valence-corrected chi connectivity index (χ3v) is 2.45. The molecule has 0 aromatic carbocycles. The first-order valence-corrected chi connectivity index (χ1v) is 5.40. The van der Waals surface area contributed by atoms with E-state index >= 15 is 0 Å². The third-order valence-electron chi connectivity index (χ3n) is 2.45. The number of carbonyl (C=O) groups is 2. The summed E-state index contributed by atoms with van der Waals surface area (Å²) in [6.07, 6.45) is 3.03. The molecule has 1 atom stereocenters. The summed E-state index contributed by atoms with van der Waals surface area (Å²) in [5, 5.41) is 11.4. The lowest BCUT2D eigenvalue weighted by atomic mass is 10.0. The predicted octanol–water partition coefficient (Wildman–Crippen LogP) is 0.649. The van der Waals surface area contributed by atoms with E-state index in [1.807, 2.05) is 13.8 Å². The van der Waals surface area contributed by atoms with Crippen molar-refractivity contribution in [2.24, 2.45) is 13.0 Å². The van der Waals surface area contributed by atoms with Crippen molar-refractivity contribution < 1.29 is 14.7 Å². The second-order valence-corrected chi connectivity index (χ2v) is 4.35. The van der Waals surface area contributed by atoms with E-state index in [2.05, 4.69) is 10.3 Å². The average Bonchev–Trinajstić information content (AvgIpc) is 2.63. The van der Waals surface area contributed by atoms with Gasteiger partial charge in [-0.25, -0.2) is 4.98 Å². The van der Waals surface area contributed by atoms with Crippen LogP contribution in [0, 0.1) is 5.92 Å². The number of carbonyl (C=O) groups excluding carboxylic acids is 1. The standard InChI is InChI=1S/C11H17N3O3/c1-7(2)8(4-10(15)16)13-11(17)9-5-14(3)6-12-9/h5-8H,4H2,1-3H3,(H,13,17)(H,15,16). The van der Waals surface area contributed by atoms with Crippen LogP contribution in [-0.2, 0) is 11.8 Å². The van der Waals surface area contributed by atoms with Crippen molar-refractivity contribution >= 4 is 11.9 Å². The average molecular weight is 239 g/mol. The van der Waals surface area contributed by atoms with E-state index in [1.54, 1.807) is 17.8 Å². The molecular formula is C11H17N3O3. The Hall–Kier alpha value is -1.85. The molecule has 6 nitrogen and oxygen atoms in total. The fraction of sp³-hybridized carbons (Fsp3) is 0.545. The Labute approximate surface area is 99.7 Å². The van der Waals surface area contributed by atoms with E-state index < -0.39 is 5.97 Å². The largest absolute Gasteiger partial charge is 0.481 e. The molecule has 1 heterocycles. The normalized spacial score (nSPS) is 12.5. The van der Waals surface area contributed by atoms with Gasteiger partial charge in [-0.15, -0.1) is 0 Å². The minimum absolute atomic E-state index is 0.0544. The van der Waals surface area contributed by atoms with Crippen LogP contribution in [-0.4, -0.2) is 32.6 Å². The van der Waals surface area contributed by atoms with E-state index in [1.165, 1.54) is 6.33 Å². The van der Waals surface area contributed by atoms with Gasteiger partial charge in [-0.3, -0.25) is 9.59 Å². The van der Waals surface area contributed by atoms with Gasteiger partial charge in [0.1, 0.15) is 5.69 Å². The summed E-state index contributed by atoms with van der Waals surface area (Å²) in [7, 11) is 1.76. The van der Waals surface area contributed by atoms with Crippen molar-refractivity contribution in [2.75, 3.05) is 0 Å². The zero-order valence-electron chi connectivity index (χ0n) is 10.2. The number of aliphatic carboxylic acids is 1. The van der Waals surface area contributed by atoms with Crippen molar-refractivity contribution in [3.05, 3.63) is 18.2 Å². The summed E-state index contributed by atoms with van der Waals surface area (Å²) in [4.78, 5) is 26.4. The van der Waals surface area contributed by atoms with Crippen LogP contribution >= 0.6 is 0 Å². The molecule has 0 bridgehead atoms. The molecule has 1 rings (SSSR count). The summed E-state index contributed by atoms with van der Waals surface area (Å²) < 4.78 is 1.66. The van der Waals surface area contributed by atoms with Gasteiger partial charge < -0.3 is 15.0 Å². The Balaban J connectivity index is 2.67. The number of rotatable bonds is 5. The van der Waals surface area contributed by atoms with Gasteiger partial charge in [-0.05, 0) is 5.92 Å². The second kappa shape index (κ2) is 5.47. The molecule has 6 heteroatoms. The smallest absolute Gasteiger partial charge is 0.305 e. The maximum Gasteiger partial charge on any atom is 0.305 e. The number of imidazole rings is 1. The molecule has 1 unspecified atom stereocenters. The molecule has 0 radical (unpaired) electrons. The molecule has 17 heavy (non-hydrogen) atoms. The molecule has 0 aliphatic rings. The first-order chi connectivity index (χ1) is 7.90. The van der Waals surface area contributed by atoms with Crippen LogP contribution in [0.1, 0.15) is 30.8 Å². The quantitative estimate of drug-likeness (QED) is 0.790. The fourth-order valence-corrected chi connectivity index (χ4v) is 1.41. The Morgan fingerprint density at radius 2 is 2.18 bits per heavy atom. The number of carboxylic acid groups (broad SMARTS) is 1. The zero-order valence-corrected chi connectivity index (χ0v) is 10.2. The molecule has 1 aromatic heterocycles. The molecule has 1 aromatic rings. The summed E-state index contributed by atoms with van der Waals surface area (Å²) in [6, 6.07) is -0.387. The van der Waals surface area contributed by atoms with Gasteiger partial charge in [0.25, 0.3) is 5.91 Å². The van der Waals surface area contributed by atoms with Crippen molar-refractivity contribution in [1.29, 1.82) is 0 Å². The molecular weight excluding hydrogens is 222 g/mol. The molecule has 0 aliphatic heterocycles. The number of amides is 1. The molecule has 94 valence electrons. The van der Waals surface area contributed by atoms with E-state index in [0.717, 1.165) is 0 Å². The highest BCUT2D eigenvalue weighted by Crippen LogP contribution is 2.07. The summed E-state index contributed by atoms with van der Waals surface area (Å²) >= 11 is 0. The number of hydrogen-bond acceptors (Lipinski definition) is 3. The highest BCUT2D eigenvalue weighted by Gasteiger charge is 2.20. The van der Waals surface area contributed by atoms with Gasteiger partial charge in [0, 0.05) is 19.3 Å². The first-order valence-electron chi connectivity index (χ1n) is 5.40. The van der Waals surface area contributed by atoms with Crippen molar-refractivity contribution in [1.82, 2.24) is 14.9 Å². The van der Waals surface area contributed by atoms with Crippen molar-refractivity contribution in [3.63, 3.8) is 0 Å². The van der Waals surface area contributed by atoms with Crippen LogP contribution in [0.15, 0.2) is 12.5 Å². The number of aryl methyl sites for hydroxylation is 1. The molecule has 0 saturated heterocycles. The Morgan fingerprint density at radius 1 is 1.53 bits per heavy atom. The van der Waals surface area contributed by atoms with Crippen LogP contribution in [0.25, 0.3) is 0 Å². The number of hydrogen-bond donors (Lipinski definition) is 2. The maximum absolute atomic E-state index is 11.8. The molecule has 0 fully saturated rings. The monoisotopic (exact) mass is 239 g/mol. The first kappa shape index (κ1) is 13.2. The minimum Gasteiger partial charge on any atom is -0.481 e. The van der Waals surface area contributed by atoms with E-state index in [0.29, 0.717) is 5.69 Å². The Morgan fingerprint density at radius 3 is 2.59 bits per heavy atom. The third kappa shape index (κ3) is 3.90. The molecule has 2 N–H and O–H groups in total. The summed E-state index contributed by atoms with van der Waals surface area (Å²) in [6.45, 7) is 3.73. The van der Waals surface area contributed by atoms with Crippen molar-refractivity contribution in [3.8, 4) is 0 Å². The van der Waals surface area contributed by atoms with E-state index in [9.17, 15) is 9.59 Å². The number of aromatic nitrogens is 2.